The first-order valence-electron chi connectivity index (χ1n) is 16.7. The summed E-state index contributed by atoms with van der Waals surface area (Å²) in [6, 6.07) is 7.88. The van der Waals surface area contributed by atoms with Gasteiger partial charge < -0.3 is 24.4 Å². The fourth-order valence-electron chi connectivity index (χ4n) is 4.44. The summed E-state index contributed by atoms with van der Waals surface area (Å²) in [5, 5.41) is 5.85. The summed E-state index contributed by atoms with van der Waals surface area (Å²) in [4.78, 5) is 66.2. The third kappa shape index (κ3) is 17.7. The van der Waals surface area contributed by atoms with Crippen LogP contribution < -0.4 is 16.2 Å². The zero-order valence-electron chi connectivity index (χ0n) is 30.5. The Balaban J connectivity index is 0.000000769. The van der Waals surface area contributed by atoms with Crippen molar-refractivity contribution in [3.05, 3.63) is 61.9 Å². The minimum Gasteiger partial charge on any atom is -0.444 e. The van der Waals surface area contributed by atoms with Crippen LogP contribution in [0.3, 0.4) is 0 Å². The molecular weight excluding hydrogens is 714 g/mol. The number of pyridine rings is 1. The first kappa shape index (κ1) is 43.6. The molecule has 1 aromatic heterocycles. The third-order valence-corrected chi connectivity index (χ3v) is 8.10. The Bertz CT molecular complexity index is 1440. The molecule has 1 atom stereocenters. The maximum atomic E-state index is 13.2. The van der Waals surface area contributed by atoms with Gasteiger partial charge in [0, 0.05) is 36.3 Å². The summed E-state index contributed by atoms with van der Waals surface area (Å²) in [6.07, 6.45) is 5.38. The van der Waals surface area contributed by atoms with E-state index in [1.807, 2.05) is 25.1 Å². The van der Waals surface area contributed by atoms with Gasteiger partial charge in [0.25, 0.3) is 5.56 Å². The van der Waals surface area contributed by atoms with Crippen molar-refractivity contribution in [1.29, 1.82) is 0 Å². The predicted molar refractivity (Wildman–Crippen MR) is 200 cm³/mol. The zero-order chi connectivity index (χ0) is 37.3. The average molecular weight is 769 g/mol. The molecule has 2 aromatic rings. The molecule has 0 spiro atoms. The fraction of sp³-hybridized carbons (Fsp3) is 0.583. The van der Waals surface area contributed by atoms with Crippen LogP contribution in [0.4, 0.5) is 10.5 Å². The minimum absolute atomic E-state index is 0.00914. The van der Waals surface area contributed by atoms with Crippen LogP contribution in [0.5, 0.6) is 0 Å². The molecule has 1 aliphatic heterocycles. The molecule has 1 fully saturated rings. The lowest BCUT2D eigenvalue weighted by atomic mass is 10.0. The van der Waals surface area contributed by atoms with Crippen molar-refractivity contribution in [2.75, 3.05) is 39.0 Å². The molecule has 0 aliphatic carbocycles. The lowest BCUT2D eigenvalue weighted by molar-refractivity contribution is -0.139. The zero-order valence-corrected chi connectivity index (χ0v) is 32.9. The van der Waals surface area contributed by atoms with Gasteiger partial charge in [-0.15, -0.1) is 0 Å². The Morgan fingerprint density at radius 3 is 2.18 bits per heavy atom. The van der Waals surface area contributed by atoms with Gasteiger partial charge in [0.15, 0.2) is 0 Å². The molecule has 2 heterocycles. The Hall–Kier alpha value is -3.38. The number of hydrogen-bond acceptors (Lipinski definition) is 6. The highest BCUT2D eigenvalue weighted by Crippen LogP contribution is 2.20. The van der Waals surface area contributed by atoms with Crippen LogP contribution in [-0.2, 0) is 19.1 Å². The van der Waals surface area contributed by atoms with E-state index in [-0.39, 0.29) is 24.7 Å². The maximum Gasteiger partial charge on any atom is 0.412 e. The van der Waals surface area contributed by atoms with Crippen molar-refractivity contribution < 1.29 is 23.9 Å². The molecule has 49 heavy (non-hydrogen) atoms. The summed E-state index contributed by atoms with van der Waals surface area (Å²) in [7, 11) is 3.23. The largest absolute Gasteiger partial charge is 0.444 e. The van der Waals surface area contributed by atoms with Gasteiger partial charge in [-0.3, -0.25) is 24.5 Å². The number of carbonyl (C=O) groups excluding carboxylic acids is 4. The Morgan fingerprint density at radius 1 is 0.980 bits per heavy atom. The number of aromatic nitrogens is 1. The molecule has 1 unspecified atom stereocenters. The van der Waals surface area contributed by atoms with E-state index in [2.05, 4.69) is 47.3 Å². The molecule has 0 radical (unpaired) electrons. The summed E-state index contributed by atoms with van der Waals surface area (Å²) in [5.41, 5.74) is -0.122. The second kappa shape index (κ2) is 21.7. The van der Waals surface area contributed by atoms with Gasteiger partial charge in [0.2, 0.25) is 17.7 Å². The number of amides is 4. The normalized spacial score (nSPS) is 16.9. The highest BCUT2D eigenvalue weighted by molar-refractivity contribution is 9.10. The number of rotatable bonds is 2. The summed E-state index contributed by atoms with van der Waals surface area (Å²) in [5.74, 6) is -0.226. The Morgan fingerprint density at radius 2 is 1.59 bits per heavy atom. The highest BCUT2D eigenvalue weighted by atomic mass is 79.9. The number of nitrogens with zero attached hydrogens (tertiary/aromatic N) is 3. The van der Waals surface area contributed by atoms with E-state index in [1.54, 1.807) is 38.8 Å². The van der Waals surface area contributed by atoms with Crippen LogP contribution in [0.1, 0.15) is 91.7 Å². The van der Waals surface area contributed by atoms with E-state index >= 15 is 0 Å². The molecule has 1 aliphatic rings. The second-order valence-electron chi connectivity index (χ2n) is 13.7. The van der Waals surface area contributed by atoms with Gasteiger partial charge >= 0.3 is 6.09 Å². The molecule has 3 rings (SSSR count). The summed E-state index contributed by atoms with van der Waals surface area (Å²) >= 11 is 9.07. The molecule has 1 aromatic carbocycles. The minimum atomic E-state index is -0.864. The van der Waals surface area contributed by atoms with E-state index in [0.29, 0.717) is 19.4 Å². The van der Waals surface area contributed by atoms with E-state index in [1.165, 1.54) is 34.3 Å². The number of benzene rings is 1. The first-order chi connectivity index (χ1) is 22.8. The van der Waals surface area contributed by atoms with Gasteiger partial charge in [-0.2, -0.15) is 0 Å². The molecule has 0 saturated carbocycles. The number of anilines is 1. The van der Waals surface area contributed by atoms with Crippen molar-refractivity contribution in [2.24, 2.45) is 5.92 Å². The number of nitrogens with one attached hydrogen (secondary N) is 2. The van der Waals surface area contributed by atoms with Gasteiger partial charge in [-0.05, 0) is 82.3 Å². The number of aryl methyl sites for hydroxylation is 1. The first-order valence-corrected chi connectivity index (χ1v) is 17.9. The van der Waals surface area contributed by atoms with Crippen molar-refractivity contribution in [2.45, 2.75) is 98.6 Å². The smallest absolute Gasteiger partial charge is 0.412 e. The number of hydrogen-bond donors (Lipinski definition) is 2. The summed E-state index contributed by atoms with van der Waals surface area (Å²) in [6.45, 7) is 13.9. The quantitative estimate of drug-likeness (QED) is 0.333. The monoisotopic (exact) mass is 767 g/mol. The molecule has 1 saturated heterocycles. The van der Waals surface area contributed by atoms with Crippen LogP contribution in [0.25, 0.3) is 0 Å². The Labute approximate surface area is 305 Å². The number of carbonyl (C=O) groups is 4. The average Bonchev–Trinajstić information content (AvgIpc) is 2.99. The van der Waals surface area contributed by atoms with Gasteiger partial charge in [-0.1, -0.05) is 74.0 Å². The van der Waals surface area contributed by atoms with E-state index in [4.69, 9.17) is 16.3 Å². The van der Waals surface area contributed by atoms with Crippen molar-refractivity contribution >= 4 is 57.0 Å². The van der Waals surface area contributed by atoms with E-state index < -0.39 is 35.1 Å². The number of ether oxygens (including phenoxy) is 1. The highest BCUT2D eigenvalue weighted by Gasteiger charge is 2.25. The molecule has 11 nitrogen and oxygen atoms in total. The van der Waals surface area contributed by atoms with E-state index in [0.717, 1.165) is 41.1 Å². The van der Waals surface area contributed by atoms with Gasteiger partial charge in [-0.25, -0.2) is 4.79 Å². The third-order valence-electron chi connectivity index (χ3n) is 6.98. The molecule has 0 bridgehead atoms. The lowest BCUT2D eigenvalue weighted by Gasteiger charge is -2.24. The summed E-state index contributed by atoms with van der Waals surface area (Å²) < 4.78 is 7.61. The molecule has 274 valence electrons. The van der Waals surface area contributed by atoms with Gasteiger partial charge in [0.1, 0.15) is 17.3 Å². The number of likely N-dealkylation sites (N-methyl/N-ethyl adjacent to an activating group) is 2. The standard InChI is InChI=1S/C25H39N5O6.C7H6BrCl.C4H10/c1-25(2,3)36-24(35)27-18-12-11-15-30(23(18)34)19-13-9-7-6-8-10-14-28(4)21(32)17-29(5)20(31)16-26-22(19)33;1-5-4-6(9)2-3-7(5)8;1-4(2)3/h11-12,15,19H,6-10,13-14,16-17H2,1-5H3,(H,26,33)(H,27,35);2-4H,1H3;4H,1-3H3. The SMILES string of the molecule is CC(C)C.CN1CCCCCCCC(n2cccc(NC(=O)OC(C)(C)C)c2=O)C(=O)NCC(=O)N(C)CC1=O.Cc1cc(Cl)ccc1Br. The van der Waals surface area contributed by atoms with Crippen molar-refractivity contribution in [3.63, 3.8) is 0 Å². The maximum absolute atomic E-state index is 13.2. The number of halogens is 2. The lowest BCUT2D eigenvalue weighted by Crippen LogP contribution is -2.45. The Kier molecular flexibility index (Phi) is 19.3. The van der Waals surface area contributed by atoms with Crippen LogP contribution in [0.15, 0.2) is 45.8 Å². The second-order valence-corrected chi connectivity index (χ2v) is 15.0. The fourth-order valence-corrected chi connectivity index (χ4v) is 4.91. The predicted octanol–water partition coefficient (Wildman–Crippen LogP) is 7.20. The van der Waals surface area contributed by atoms with Crippen molar-refractivity contribution in [3.8, 4) is 0 Å². The molecule has 13 heteroatoms. The molecule has 2 N–H and O–H groups in total. The van der Waals surface area contributed by atoms with Crippen LogP contribution in [-0.4, -0.2) is 77.5 Å². The van der Waals surface area contributed by atoms with Crippen LogP contribution in [0, 0.1) is 12.8 Å². The van der Waals surface area contributed by atoms with E-state index in [9.17, 15) is 24.0 Å². The topological polar surface area (TPSA) is 130 Å². The van der Waals surface area contributed by atoms with Crippen LogP contribution >= 0.6 is 27.5 Å². The van der Waals surface area contributed by atoms with Gasteiger partial charge in [0.05, 0.1) is 13.1 Å². The van der Waals surface area contributed by atoms with Crippen molar-refractivity contribution in [1.82, 2.24) is 19.7 Å². The molecular formula is C36H55BrClN5O6. The molecule has 4 amide bonds. The van der Waals surface area contributed by atoms with Crippen LogP contribution in [0.2, 0.25) is 5.02 Å².